The van der Waals surface area contributed by atoms with Gasteiger partial charge in [0.25, 0.3) is 0 Å². The van der Waals surface area contributed by atoms with E-state index >= 15 is 0 Å². The molecule has 0 bridgehead atoms. The second-order valence-corrected chi connectivity index (χ2v) is 20.3. The van der Waals surface area contributed by atoms with E-state index in [1.165, 1.54) is 167 Å². The molecule has 2 unspecified atom stereocenters. The highest BCUT2D eigenvalue weighted by molar-refractivity contribution is 5.69. The number of aliphatic hydroxyl groups excluding tert-OH is 2. The maximum Gasteiger partial charge on any atom is 0.306 e. The maximum atomic E-state index is 12.5. The van der Waals surface area contributed by atoms with E-state index in [9.17, 15) is 14.7 Å². The SMILES string of the molecule is CCCCCCCCCCCCC(=O)OC(CCCCCCCC)CCC[C@H](O)CO.CCCCCCCCCCCCC(=O)OC(CCCCCCCC)CCC[C@H]1COC(C)(C)O1. The summed E-state index contributed by atoms with van der Waals surface area (Å²) in [7, 11) is 0. The molecular weight excluding hydrogens is 813 g/mol. The summed E-state index contributed by atoms with van der Waals surface area (Å²) in [6.07, 6.45) is 48.3. The first kappa shape index (κ1) is 63.8. The first-order chi connectivity index (χ1) is 31.6. The third-order valence-corrected chi connectivity index (χ3v) is 13.2. The molecular formula is C57H112O8. The third-order valence-electron chi connectivity index (χ3n) is 13.2. The van der Waals surface area contributed by atoms with Crippen molar-refractivity contribution < 1.29 is 38.7 Å². The van der Waals surface area contributed by atoms with Crippen LogP contribution in [0.4, 0.5) is 0 Å². The summed E-state index contributed by atoms with van der Waals surface area (Å²) in [5.41, 5.74) is 0. The Morgan fingerprint density at radius 2 is 0.800 bits per heavy atom. The zero-order chi connectivity index (χ0) is 47.9. The van der Waals surface area contributed by atoms with Crippen LogP contribution in [-0.2, 0) is 28.5 Å². The molecule has 0 aromatic rings. The molecule has 1 fully saturated rings. The summed E-state index contributed by atoms with van der Waals surface area (Å²) in [5, 5.41) is 18.5. The number of hydrogen-bond donors (Lipinski definition) is 2. The zero-order valence-corrected chi connectivity index (χ0v) is 44.3. The van der Waals surface area contributed by atoms with Crippen molar-refractivity contribution in [1.82, 2.24) is 0 Å². The Hall–Kier alpha value is -1.22. The van der Waals surface area contributed by atoms with Crippen LogP contribution in [0.3, 0.4) is 0 Å². The van der Waals surface area contributed by atoms with Crippen molar-refractivity contribution in [1.29, 1.82) is 0 Å². The smallest absolute Gasteiger partial charge is 0.306 e. The lowest BCUT2D eigenvalue weighted by Gasteiger charge is -2.20. The van der Waals surface area contributed by atoms with Gasteiger partial charge in [0.2, 0.25) is 0 Å². The van der Waals surface area contributed by atoms with Gasteiger partial charge in [-0.2, -0.15) is 0 Å². The van der Waals surface area contributed by atoms with Gasteiger partial charge in [-0.25, -0.2) is 0 Å². The number of carbonyl (C=O) groups excluding carboxylic acids is 2. The molecule has 4 atom stereocenters. The first-order valence-corrected chi connectivity index (χ1v) is 28.6. The molecule has 1 rings (SSSR count). The number of unbranched alkanes of at least 4 members (excludes halogenated alkanes) is 28. The Balaban J connectivity index is 0.00000127. The molecule has 1 aliphatic rings. The van der Waals surface area contributed by atoms with Crippen LogP contribution in [0.5, 0.6) is 0 Å². The minimum absolute atomic E-state index is 0.0112. The standard InChI is InChI=1S/C30H58O4.C27H54O4/c1-5-7-9-11-13-14-15-16-18-20-25-29(31)33-27(22-19-17-12-10-8-6-2)23-21-24-28-26-32-30(3,4)34-28;1-3-5-7-9-11-12-13-14-16-18-23-27(30)31-26(22-19-20-25(29)24-28)21-17-15-10-8-6-4-2/h27-28H,5-26H2,1-4H3;25-26,28-29H,3-24H2,1-2H3/t27?,28-;25-,26?/m00/s1. The molecule has 1 heterocycles. The molecule has 0 aromatic carbocycles. The normalized spacial score (nSPS) is 15.9. The average molecular weight is 926 g/mol. The molecule has 0 saturated carbocycles. The van der Waals surface area contributed by atoms with Crippen LogP contribution in [0.25, 0.3) is 0 Å². The highest BCUT2D eigenvalue weighted by atomic mass is 16.7. The summed E-state index contributed by atoms with van der Waals surface area (Å²) in [6, 6.07) is 0. The van der Waals surface area contributed by atoms with Gasteiger partial charge in [0, 0.05) is 12.8 Å². The Kier molecular flexibility index (Phi) is 46.9. The predicted octanol–water partition coefficient (Wildman–Crippen LogP) is 16.8. The lowest BCUT2D eigenvalue weighted by atomic mass is 10.0. The van der Waals surface area contributed by atoms with Crippen LogP contribution in [0, 0.1) is 0 Å². The molecule has 1 saturated heterocycles. The van der Waals surface area contributed by atoms with Gasteiger partial charge in [0.15, 0.2) is 5.79 Å². The summed E-state index contributed by atoms with van der Waals surface area (Å²) in [5.74, 6) is -0.500. The Morgan fingerprint density at radius 3 is 1.14 bits per heavy atom. The van der Waals surface area contributed by atoms with Crippen molar-refractivity contribution in [2.24, 2.45) is 0 Å². The van der Waals surface area contributed by atoms with E-state index in [2.05, 4.69) is 27.7 Å². The highest BCUT2D eigenvalue weighted by Crippen LogP contribution is 2.26. The molecule has 388 valence electrons. The molecule has 0 spiro atoms. The van der Waals surface area contributed by atoms with E-state index in [4.69, 9.17) is 24.1 Å². The van der Waals surface area contributed by atoms with E-state index in [0.717, 1.165) is 83.5 Å². The van der Waals surface area contributed by atoms with Crippen LogP contribution in [0.1, 0.15) is 311 Å². The average Bonchev–Trinajstić information content (AvgIpc) is 3.64. The highest BCUT2D eigenvalue weighted by Gasteiger charge is 2.32. The molecule has 65 heavy (non-hydrogen) atoms. The second-order valence-electron chi connectivity index (χ2n) is 20.3. The van der Waals surface area contributed by atoms with Crippen molar-refractivity contribution in [3.8, 4) is 0 Å². The van der Waals surface area contributed by atoms with Crippen molar-refractivity contribution in [2.75, 3.05) is 13.2 Å². The fraction of sp³-hybridized carbons (Fsp3) is 0.965. The monoisotopic (exact) mass is 925 g/mol. The van der Waals surface area contributed by atoms with E-state index < -0.39 is 11.9 Å². The number of carbonyl (C=O) groups is 2. The molecule has 0 aromatic heterocycles. The number of ether oxygens (including phenoxy) is 4. The van der Waals surface area contributed by atoms with Gasteiger partial charge in [0.05, 0.1) is 25.4 Å². The minimum atomic E-state index is -0.656. The Morgan fingerprint density at radius 1 is 0.477 bits per heavy atom. The summed E-state index contributed by atoms with van der Waals surface area (Å²) < 4.78 is 23.4. The van der Waals surface area contributed by atoms with Gasteiger partial charge in [0.1, 0.15) is 12.2 Å². The van der Waals surface area contributed by atoms with Gasteiger partial charge in [-0.05, 0) is 90.9 Å². The van der Waals surface area contributed by atoms with Crippen LogP contribution in [0.15, 0.2) is 0 Å². The topological polar surface area (TPSA) is 112 Å². The molecule has 0 amide bonds. The molecule has 8 nitrogen and oxygen atoms in total. The number of hydrogen-bond acceptors (Lipinski definition) is 8. The number of aliphatic hydroxyl groups is 2. The van der Waals surface area contributed by atoms with Crippen LogP contribution in [0.2, 0.25) is 0 Å². The minimum Gasteiger partial charge on any atom is -0.462 e. The lowest BCUT2D eigenvalue weighted by Crippen LogP contribution is -2.22. The molecule has 1 aliphatic heterocycles. The summed E-state index contributed by atoms with van der Waals surface area (Å²) in [4.78, 5) is 24.8. The molecule has 0 radical (unpaired) electrons. The number of esters is 2. The van der Waals surface area contributed by atoms with Crippen LogP contribution < -0.4 is 0 Å². The van der Waals surface area contributed by atoms with Gasteiger partial charge in [-0.1, -0.05) is 207 Å². The fourth-order valence-corrected chi connectivity index (χ4v) is 8.98. The van der Waals surface area contributed by atoms with Crippen molar-refractivity contribution >= 4 is 11.9 Å². The van der Waals surface area contributed by atoms with E-state index in [-0.39, 0.29) is 36.9 Å². The maximum absolute atomic E-state index is 12.5. The second kappa shape index (κ2) is 47.8. The Bertz CT molecular complexity index is 1000. The van der Waals surface area contributed by atoms with Crippen molar-refractivity contribution in [3.63, 3.8) is 0 Å². The Labute approximate surface area is 404 Å². The summed E-state index contributed by atoms with van der Waals surface area (Å²) in [6.45, 7) is 13.4. The van der Waals surface area contributed by atoms with Gasteiger partial charge in [-0.3, -0.25) is 9.59 Å². The van der Waals surface area contributed by atoms with Gasteiger partial charge in [-0.15, -0.1) is 0 Å². The van der Waals surface area contributed by atoms with Crippen molar-refractivity contribution in [2.45, 2.75) is 341 Å². The summed E-state index contributed by atoms with van der Waals surface area (Å²) >= 11 is 0. The lowest BCUT2D eigenvalue weighted by molar-refractivity contribution is -0.151. The molecule has 8 heteroatoms. The number of rotatable bonds is 47. The quantitative estimate of drug-likeness (QED) is 0.0459. The fourth-order valence-electron chi connectivity index (χ4n) is 8.98. The largest absolute Gasteiger partial charge is 0.462 e. The van der Waals surface area contributed by atoms with E-state index in [1.807, 2.05) is 13.8 Å². The van der Waals surface area contributed by atoms with Crippen LogP contribution in [-0.4, -0.2) is 65.6 Å². The van der Waals surface area contributed by atoms with E-state index in [1.54, 1.807) is 0 Å². The van der Waals surface area contributed by atoms with Gasteiger partial charge >= 0.3 is 11.9 Å². The first-order valence-electron chi connectivity index (χ1n) is 28.6. The predicted molar refractivity (Wildman–Crippen MR) is 274 cm³/mol. The van der Waals surface area contributed by atoms with E-state index in [0.29, 0.717) is 25.9 Å². The molecule has 0 aliphatic carbocycles. The molecule has 2 N–H and O–H groups in total. The van der Waals surface area contributed by atoms with Crippen molar-refractivity contribution in [3.05, 3.63) is 0 Å². The third kappa shape index (κ3) is 45.0. The van der Waals surface area contributed by atoms with Gasteiger partial charge < -0.3 is 29.2 Å². The van der Waals surface area contributed by atoms with Crippen LogP contribution >= 0.6 is 0 Å². The zero-order valence-electron chi connectivity index (χ0n) is 44.3.